The summed E-state index contributed by atoms with van der Waals surface area (Å²) in [6.07, 6.45) is 2.06. The zero-order valence-corrected chi connectivity index (χ0v) is 8.33. The molecule has 0 heterocycles. The van der Waals surface area contributed by atoms with E-state index in [-0.39, 0.29) is 17.3 Å². The van der Waals surface area contributed by atoms with Crippen LogP contribution in [-0.4, -0.2) is 11.2 Å². The summed E-state index contributed by atoms with van der Waals surface area (Å²) in [6, 6.07) is 6.88. The van der Waals surface area contributed by atoms with Gasteiger partial charge in [0.25, 0.3) is 0 Å². The molecule has 0 aliphatic heterocycles. The molecule has 1 aliphatic carbocycles. The topological polar surface area (TPSA) is 20.2 Å². The van der Waals surface area contributed by atoms with Gasteiger partial charge < -0.3 is 5.11 Å². The molecule has 14 heavy (non-hydrogen) atoms. The lowest BCUT2D eigenvalue weighted by Gasteiger charge is -2.24. The first-order valence-electron chi connectivity index (χ1n) is 5.05. The molecule has 1 aromatic carbocycles. The fourth-order valence-corrected chi connectivity index (χ4v) is 2.40. The largest absolute Gasteiger partial charge is 0.393 e. The predicted molar refractivity (Wildman–Crippen MR) is 53.6 cm³/mol. The Hall–Kier alpha value is -0.890. The molecule has 0 spiro atoms. The average molecular weight is 194 g/mol. The lowest BCUT2D eigenvalue weighted by molar-refractivity contribution is 0.175. The van der Waals surface area contributed by atoms with Gasteiger partial charge in [0.15, 0.2) is 0 Å². The normalized spacial score (nSPS) is 32.1. The Bertz CT molecular complexity index is 337. The van der Waals surface area contributed by atoms with Crippen molar-refractivity contribution in [3.63, 3.8) is 0 Å². The van der Waals surface area contributed by atoms with E-state index in [4.69, 9.17) is 0 Å². The number of aliphatic hydroxyl groups is 1. The van der Waals surface area contributed by atoms with Gasteiger partial charge in [-0.25, -0.2) is 4.39 Å². The van der Waals surface area contributed by atoms with Gasteiger partial charge >= 0.3 is 0 Å². The van der Waals surface area contributed by atoms with Crippen LogP contribution in [0.4, 0.5) is 4.39 Å². The van der Waals surface area contributed by atoms with E-state index in [0.717, 1.165) is 18.4 Å². The minimum absolute atomic E-state index is 0.149. The maximum absolute atomic E-state index is 13.5. The molecule has 1 aromatic rings. The van der Waals surface area contributed by atoms with Gasteiger partial charge in [0.1, 0.15) is 5.82 Å². The Labute approximate surface area is 83.6 Å². The van der Waals surface area contributed by atoms with Crippen LogP contribution < -0.4 is 0 Å². The van der Waals surface area contributed by atoms with E-state index in [1.165, 1.54) is 6.07 Å². The van der Waals surface area contributed by atoms with Crippen LogP contribution in [0.5, 0.6) is 0 Å². The standard InChI is InChI=1S/C12H15FO/c1-12(7-6-9(14)8-12)10-4-2-3-5-11(10)13/h2-5,9,14H,6-8H2,1H3. The number of benzene rings is 1. The fourth-order valence-electron chi connectivity index (χ4n) is 2.40. The molecule has 76 valence electrons. The zero-order valence-electron chi connectivity index (χ0n) is 8.33. The Morgan fingerprint density at radius 3 is 2.71 bits per heavy atom. The first-order valence-corrected chi connectivity index (χ1v) is 5.05. The van der Waals surface area contributed by atoms with Crippen molar-refractivity contribution in [3.05, 3.63) is 35.6 Å². The van der Waals surface area contributed by atoms with Gasteiger partial charge in [-0.3, -0.25) is 0 Å². The molecule has 0 amide bonds. The van der Waals surface area contributed by atoms with E-state index in [2.05, 4.69) is 0 Å². The molecule has 1 aliphatic rings. The molecule has 1 N–H and O–H groups in total. The number of hydrogen-bond donors (Lipinski definition) is 1. The molecule has 0 aromatic heterocycles. The molecule has 1 saturated carbocycles. The van der Waals surface area contributed by atoms with Crippen LogP contribution in [-0.2, 0) is 5.41 Å². The van der Waals surface area contributed by atoms with Crippen LogP contribution in [0.3, 0.4) is 0 Å². The Morgan fingerprint density at radius 2 is 2.14 bits per heavy atom. The second-order valence-electron chi connectivity index (χ2n) is 4.44. The second kappa shape index (κ2) is 3.35. The lowest BCUT2D eigenvalue weighted by atomic mass is 9.80. The highest BCUT2D eigenvalue weighted by atomic mass is 19.1. The number of hydrogen-bond acceptors (Lipinski definition) is 1. The van der Waals surface area contributed by atoms with Gasteiger partial charge in [0.05, 0.1) is 6.10 Å². The van der Waals surface area contributed by atoms with Gasteiger partial charge in [0.2, 0.25) is 0 Å². The number of aliphatic hydroxyl groups excluding tert-OH is 1. The van der Waals surface area contributed by atoms with E-state index in [1.54, 1.807) is 6.07 Å². The minimum Gasteiger partial charge on any atom is -0.393 e. The third kappa shape index (κ3) is 1.55. The lowest BCUT2D eigenvalue weighted by Crippen LogP contribution is -2.20. The summed E-state index contributed by atoms with van der Waals surface area (Å²) in [5, 5.41) is 9.49. The van der Waals surface area contributed by atoms with Crippen molar-refractivity contribution in [3.8, 4) is 0 Å². The monoisotopic (exact) mass is 194 g/mol. The van der Waals surface area contributed by atoms with E-state index < -0.39 is 0 Å². The summed E-state index contributed by atoms with van der Waals surface area (Å²) in [7, 11) is 0. The molecule has 0 bridgehead atoms. The summed E-state index contributed by atoms with van der Waals surface area (Å²) in [6.45, 7) is 2.03. The quantitative estimate of drug-likeness (QED) is 0.728. The van der Waals surface area contributed by atoms with E-state index in [1.807, 2.05) is 19.1 Å². The first-order chi connectivity index (χ1) is 6.62. The molecule has 2 heteroatoms. The van der Waals surface area contributed by atoms with Gasteiger partial charge in [-0.1, -0.05) is 25.1 Å². The maximum Gasteiger partial charge on any atom is 0.126 e. The van der Waals surface area contributed by atoms with Crippen molar-refractivity contribution in [1.82, 2.24) is 0 Å². The van der Waals surface area contributed by atoms with Gasteiger partial charge in [-0.05, 0) is 36.3 Å². The first kappa shape index (κ1) is 9.66. The van der Waals surface area contributed by atoms with Crippen LogP contribution >= 0.6 is 0 Å². The third-order valence-corrected chi connectivity index (χ3v) is 3.24. The SMILES string of the molecule is CC1(c2ccccc2F)CCC(O)C1. The summed E-state index contributed by atoms with van der Waals surface area (Å²) >= 11 is 0. The van der Waals surface area contributed by atoms with Crippen molar-refractivity contribution in [2.75, 3.05) is 0 Å². The van der Waals surface area contributed by atoms with Crippen molar-refractivity contribution in [2.24, 2.45) is 0 Å². The van der Waals surface area contributed by atoms with E-state index in [0.29, 0.717) is 6.42 Å². The van der Waals surface area contributed by atoms with Crippen molar-refractivity contribution in [2.45, 2.75) is 37.7 Å². The Morgan fingerprint density at radius 1 is 1.43 bits per heavy atom. The average Bonchev–Trinajstić information content (AvgIpc) is 2.48. The highest BCUT2D eigenvalue weighted by molar-refractivity contribution is 5.27. The summed E-state index contributed by atoms with van der Waals surface area (Å²) < 4.78 is 13.5. The van der Waals surface area contributed by atoms with Crippen LogP contribution in [0.25, 0.3) is 0 Å². The molecular weight excluding hydrogens is 179 g/mol. The number of halogens is 1. The molecule has 0 saturated heterocycles. The summed E-state index contributed by atoms with van der Waals surface area (Å²) in [5.41, 5.74) is 0.571. The smallest absolute Gasteiger partial charge is 0.126 e. The van der Waals surface area contributed by atoms with Crippen LogP contribution in [0, 0.1) is 5.82 Å². The van der Waals surface area contributed by atoms with Crippen molar-refractivity contribution >= 4 is 0 Å². The predicted octanol–water partition coefficient (Wildman–Crippen LogP) is 2.63. The fraction of sp³-hybridized carbons (Fsp3) is 0.500. The highest BCUT2D eigenvalue weighted by Crippen LogP contribution is 2.41. The minimum atomic E-state index is -0.264. The van der Waals surface area contributed by atoms with Gasteiger partial charge in [-0.2, -0.15) is 0 Å². The van der Waals surface area contributed by atoms with Crippen molar-refractivity contribution in [1.29, 1.82) is 0 Å². The molecule has 2 rings (SSSR count). The molecule has 2 unspecified atom stereocenters. The molecule has 2 atom stereocenters. The van der Waals surface area contributed by atoms with E-state index >= 15 is 0 Å². The van der Waals surface area contributed by atoms with E-state index in [9.17, 15) is 9.50 Å². The second-order valence-corrected chi connectivity index (χ2v) is 4.44. The van der Waals surface area contributed by atoms with Crippen LogP contribution in [0.15, 0.2) is 24.3 Å². The molecule has 1 nitrogen and oxygen atoms in total. The van der Waals surface area contributed by atoms with Crippen LogP contribution in [0.2, 0.25) is 0 Å². The van der Waals surface area contributed by atoms with Gasteiger partial charge in [-0.15, -0.1) is 0 Å². The Balaban J connectivity index is 2.35. The third-order valence-electron chi connectivity index (χ3n) is 3.24. The highest BCUT2D eigenvalue weighted by Gasteiger charge is 2.37. The molecule has 0 radical (unpaired) electrons. The summed E-state index contributed by atoms with van der Waals surface area (Å²) in [4.78, 5) is 0. The Kier molecular flexibility index (Phi) is 2.31. The maximum atomic E-state index is 13.5. The van der Waals surface area contributed by atoms with Crippen LogP contribution in [0.1, 0.15) is 31.7 Å². The summed E-state index contributed by atoms with van der Waals surface area (Å²) in [5.74, 6) is -0.149. The number of rotatable bonds is 1. The van der Waals surface area contributed by atoms with Crippen molar-refractivity contribution < 1.29 is 9.50 Å². The molecule has 1 fully saturated rings. The van der Waals surface area contributed by atoms with Gasteiger partial charge in [0, 0.05) is 0 Å². The molecular formula is C12H15FO. The zero-order chi connectivity index (χ0) is 10.2.